The number of urea groups is 1. The molecule has 0 radical (unpaired) electrons. The molecule has 0 spiro atoms. The second kappa shape index (κ2) is 8.59. The summed E-state index contributed by atoms with van der Waals surface area (Å²) >= 11 is 13.5. The van der Waals surface area contributed by atoms with Gasteiger partial charge in [-0.15, -0.1) is 0 Å². The van der Waals surface area contributed by atoms with Gasteiger partial charge in [-0.05, 0) is 71.5 Å². The molecule has 1 aromatic heterocycles. The molecule has 30 heavy (non-hydrogen) atoms. The van der Waals surface area contributed by atoms with Crippen LogP contribution in [0.25, 0.3) is 11.1 Å². The first-order valence-electron chi connectivity index (χ1n) is 9.24. The Morgan fingerprint density at radius 3 is 2.40 bits per heavy atom. The third-order valence-electron chi connectivity index (χ3n) is 4.70. The van der Waals surface area contributed by atoms with Crippen LogP contribution in [0.3, 0.4) is 0 Å². The molecule has 5 nitrogen and oxygen atoms in total. The fraction of sp³-hybridized carbons (Fsp3) is 0.190. The number of hydrogen-bond acceptors (Lipinski definition) is 4. The third kappa shape index (κ3) is 5.16. The molecule has 0 aliphatic heterocycles. The van der Waals surface area contributed by atoms with E-state index in [1.165, 1.54) is 17.4 Å². The summed E-state index contributed by atoms with van der Waals surface area (Å²) in [7, 11) is -3.42. The van der Waals surface area contributed by atoms with E-state index >= 15 is 0 Å². The molecule has 2 amide bonds. The fourth-order valence-corrected chi connectivity index (χ4v) is 5.99. The number of rotatable bonds is 6. The van der Waals surface area contributed by atoms with Crippen LogP contribution in [-0.4, -0.2) is 20.2 Å². The summed E-state index contributed by atoms with van der Waals surface area (Å²) in [5, 5.41) is 10.1. The van der Waals surface area contributed by atoms with E-state index in [2.05, 4.69) is 10.6 Å². The number of halogens is 2. The molecule has 2 aromatic carbocycles. The van der Waals surface area contributed by atoms with Gasteiger partial charge in [-0.1, -0.05) is 29.3 Å². The van der Waals surface area contributed by atoms with Crippen molar-refractivity contribution < 1.29 is 13.2 Å². The molecule has 2 N–H and O–H groups in total. The van der Waals surface area contributed by atoms with Gasteiger partial charge in [0.1, 0.15) is 0 Å². The van der Waals surface area contributed by atoms with E-state index in [0.717, 1.165) is 24.0 Å². The molecular weight excluding hydrogens is 463 g/mol. The maximum absolute atomic E-state index is 12.7. The summed E-state index contributed by atoms with van der Waals surface area (Å²) < 4.78 is 25.5. The standard InChI is InChI=1S/C21H18Cl2N2O3S2/c22-15-7-16(23)9-17(8-15)24-21(26)25-20-10-18(30(27,28)12-13-1-2-13)3-4-19(20)14-5-6-29-11-14/h3-11,13H,1-2,12H2,(H2,24,25,26). The molecule has 0 saturated heterocycles. The van der Waals surface area contributed by atoms with Gasteiger partial charge in [0.2, 0.25) is 0 Å². The Hall–Kier alpha value is -2.06. The Bertz CT molecular complexity index is 1170. The number of benzene rings is 2. The van der Waals surface area contributed by atoms with Crippen molar-refractivity contribution in [1.82, 2.24) is 0 Å². The van der Waals surface area contributed by atoms with Crippen molar-refractivity contribution in [2.75, 3.05) is 16.4 Å². The van der Waals surface area contributed by atoms with Gasteiger partial charge in [0.15, 0.2) is 9.84 Å². The lowest BCUT2D eigenvalue weighted by Crippen LogP contribution is -2.20. The van der Waals surface area contributed by atoms with Crippen molar-refractivity contribution in [1.29, 1.82) is 0 Å². The minimum atomic E-state index is -3.42. The second-order valence-electron chi connectivity index (χ2n) is 7.18. The normalized spacial score (nSPS) is 13.8. The maximum atomic E-state index is 12.7. The van der Waals surface area contributed by atoms with Crippen LogP contribution < -0.4 is 10.6 Å². The molecule has 0 unspecified atom stereocenters. The van der Waals surface area contributed by atoms with E-state index in [4.69, 9.17) is 23.2 Å². The molecule has 1 aliphatic rings. The van der Waals surface area contributed by atoms with Gasteiger partial charge in [-0.2, -0.15) is 11.3 Å². The Morgan fingerprint density at radius 2 is 1.77 bits per heavy atom. The Labute approximate surface area is 188 Å². The van der Waals surface area contributed by atoms with Gasteiger partial charge in [-0.25, -0.2) is 13.2 Å². The topological polar surface area (TPSA) is 75.3 Å². The zero-order valence-corrected chi connectivity index (χ0v) is 18.8. The molecule has 0 atom stereocenters. The lowest BCUT2D eigenvalue weighted by Gasteiger charge is -2.14. The van der Waals surface area contributed by atoms with Crippen LogP contribution >= 0.6 is 34.5 Å². The number of nitrogens with one attached hydrogen (secondary N) is 2. The van der Waals surface area contributed by atoms with Gasteiger partial charge < -0.3 is 10.6 Å². The lowest BCUT2D eigenvalue weighted by atomic mass is 10.1. The minimum Gasteiger partial charge on any atom is -0.308 e. The van der Waals surface area contributed by atoms with Crippen LogP contribution in [0.2, 0.25) is 10.0 Å². The number of carbonyl (C=O) groups excluding carboxylic acids is 1. The number of anilines is 2. The Kier molecular flexibility index (Phi) is 6.06. The zero-order valence-electron chi connectivity index (χ0n) is 15.7. The molecule has 0 bridgehead atoms. The highest BCUT2D eigenvalue weighted by Crippen LogP contribution is 2.35. The number of carbonyl (C=O) groups is 1. The van der Waals surface area contributed by atoms with Crippen molar-refractivity contribution in [2.24, 2.45) is 5.92 Å². The van der Waals surface area contributed by atoms with Crippen LogP contribution in [0.1, 0.15) is 12.8 Å². The van der Waals surface area contributed by atoms with E-state index in [-0.39, 0.29) is 16.6 Å². The van der Waals surface area contributed by atoms with Gasteiger partial charge in [-0.3, -0.25) is 0 Å². The summed E-state index contributed by atoms with van der Waals surface area (Å²) in [6.07, 6.45) is 1.89. The molecule has 1 aliphatic carbocycles. The third-order valence-corrected chi connectivity index (χ3v) is 7.71. The molecule has 156 valence electrons. The van der Waals surface area contributed by atoms with E-state index in [1.54, 1.807) is 30.3 Å². The highest BCUT2D eigenvalue weighted by atomic mass is 35.5. The average Bonchev–Trinajstić information content (AvgIpc) is 3.28. The summed E-state index contributed by atoms with van der Waals surface area (Å²) in [6, 6.07) is 11.0. The number of amides is 2. The molecule has 4 rings (SSSR count). The molecule has 1 fully saturated rings. The highest BCUT2D eigenvalue weighted by molar-refractivity contribution is 7.91. The summed E-state index contributed by atoms with van der Waals surface area (Å²) in [4.78, 5) is 12.8. The lowest BCUT2D eigenvalue weighted by molar-refractivity contribution is 0.262. The predicted molar refractivity (Wildman–Crippen MR) is 124 cm³/mol. The highest BCUT2D eigenvalue weighted by Gasteiger charge is 2.29. The second-order valence-corrected chi connectivity index (χ2v) is 10.9. The first kappa shape index (κ1) is 21.2. The zero-order chi connectivity index (χ0) is 21.3. The molecule has 3 aromatic rings. The predicted octanol–water partition coefficient (Wildman–Crippen LogP) is 6.55. The van der Waals surface area contributed by atoms with Crippen molar-refractivity contribution in [3.8, 4) is 11.1 Å². The average molecular weight is 481 g/mol. The Balaban J connectivity index is 1.63. The summed E-state index contributed by atoms with van der Waals surface area (Å²) in [5.74, 6) is 0.371. The van der Waals surface area contributed by atoms with E-state index in [0.29, 0.717) is 21.4 Å². The Morgan fingerprint density at radius 1 is 1.03 bits per heavy atom. The van der Waals surface area contributed by atoms with Crippen molar-refractivity contribution in [2.45, 2.75) is 17.7 Å². The van der Waals surface area contributed by atoms with E-state index in [1.807, 2.05) is 16.8 Å². The maximum Gasteiger partial charge on any atom is 0.323 e. The van der Waals surface area contributed by atoms with Crippen LogP contribution in [0.5, 0.6) is 0 Å². The van der Waals surface area contributed by atoms with Crippen LogP contribution in [0.4, 0.5) is 16.2 Å². The number of thiophene rings is 1. The monoisotopic (exact) mass is 480 g/mol. The van der Waals surface area contributed by atoms with Gasteiger partial charge >= 0.3 is 6.03 Å². The fourth-order valence-electron chi connectivity index (χ4n) is 3.09. The minimum absolute atomic E-state index is 0.136. The van der Waals surface area contributed by atoms with Gasteiger partial charge in [0.25, 0.3) is 0 Å². The van der Waals surface area contributed by atoms with Crippen LogP contribution in [0.15, 0.2) is 58.1 Å². The van der Waals surface area contributed by atoms with Gasteiger partial charge in [0, 0.05) is 21.3 Å². The molecule has 1 saturated carbocycles. The van der Waals surface area contributed by atoms with Crippen molar-refractivity contribution in [3.05, 3.63) is 63.3 Å². The first-order valence-corrected chi connectivity index (χ1v) is 12.6. The SMILES string of the molecule is O=C(Nc1cc(Cl)cc(Cl)c1)Nc1cc(S(=O)(=O)CC2CC2)ccc1-c1ccsc1. The van der Waals surface area contributed by atoms with E-state index < -0.39 is 15.9 Å². The van der Waals surface area contributed by atoms with Crippen LogP contribution in [0, 0.1) is 5.92 Å². The van der Waals surface area contributed by atoms with Crippen LogP contribution in [-0.2, 0) is 9.84 Å². The molecular formula is C21H18Cl2N2O3S2. The van der Waals surface area contributed by atoms with E-state index in [9.17, 15) is 13.2 Å². The summed E-state index contributed by atoms with van der Waals surface area (Å²) in [5.41, 5.74) is 2.48. The smallest absolute Gasteiger partial charge is 0.308 e. The summed E-state index contributed by atoms with van der Waals surface area (Å²) in [6.45, 7) is 0. The number of hydrogen-bond donors (Lipinski definition) is 2. The van der Waals surface area contributed by atoms with Gasteiger partial charge in [0.05, 0.1) is 16.3 Å². The van der Waals surface area contributed by atoms with Crippen molar-refractivity contribution in [3.63, 3.8) is 0 Å². The molecule has 1 heterocycles. The largest absolute Gasteiger partial charge is 0.323 e. The molecule has 9 heteroatoms. The quantitative estimate of drug-likeness (QED) is 0.419. The van der Waals surface area contributed by atoms with Crippen molar-refractivity contribution >= 4 is 61.8 Å². The number of sulfone groups is 1. The first-order chi connectivity index (χ1) is 14.3.